The Labute approximate surface area is 177 Å². The summed E-state index contributed by atoms with van der Waals surface area (Å²) in [6.45, 7) is 0.775. The molecule has 1 aromatic heterocycles. The monoisotopic (exact) mass is 427 g/mol. The number of carbonyl (C=O) groups excluding carboxylic acids is 3. The predicted molar refractivity (Wildman–Crippen MR) is 109 cm³/mol. The third-order valence-corrected chi connectivity index (χ3v) is 6.58. The molecule has 1 saturated heterocycles. The van der Waals surface area contributed by atoms with Crippen molar-refractivity contribution in [2.24, 2.45) is 11.8 Å². The van der Waals surface area contributed by atoms with E-state index in [1.807, 2.05) is 23.6 Å². The Balaban J connectivity index is 1.25. The molecule has 2 fully saturated rings. The van der Waals surface area contributed by atoms with Gasteiger partial charge in [0.2, 0.25) is 17.7 Å². The van der Waals surface area contributed by atoms with Crippen molar-refractivity contribution in [3.05, 3.63) is 23.6 Å². The Morgan fingerprint density at radius 1 is 1.10 bits per heavy atom. The van der Waals surface area contributed by atoms with Crippen LogP contribution in [0.25, 0.3) is 11.3 Å². The fourth-order valence-corrected chi connectivity index (χ4v) is 5.09. The van der Waals surface area contributed by atoms with Gasteiger partial charge in [-0.05, 0) is 31.0 Å². The lowest BCUT2D eigenvalue weighted by Gasteiger charge is -2.19. The lowest BCUT2D eigenvalue weighted by Crippen LogP contribution is -2.38. The van der Waals surface area contributed by atoms with E-state index in [1.165, 1.54) is 11.3 Å². The molecule has 3 aliphatic rings. The number of hydrogen-bond acceptors (Lipinski definition) is 7. The molecule has 0 radical (unpaired) electrons. The number of likely N-dealkylation sites (tertiary alicyclic amines) is 1. The zero-order chi connectivity index (χ0) is 20.7. The molecule has 1 aromatic carbocycles. The first-order chi connectivity index (χ1) is 14.6. The van der Waals surface area contributed by atoms with E-state index in [9.17, 15) is 14.4 Å². The van der Waals surface area contributed by atoms with Gasteiger partial charge in [0.25, 0.3) is 0 Å². The summed E-state index contributed by atoms with van der Waals surface area (Å²) in [6, 6.07) is 5.58. The Hall–Kier alpha value is -2.94. The molecule has 2 atom stereocenters. The number of ether oxygens (including phenoxy) is 2. The second kappa shape index (κ2) is 7.71. The topological polar surface area (TPSA) is 97.8 Å². The molecule has 5 rings (SSSR count). The van der Waals surface area contributed by atoms with Crippen LogP contribution < -0.4 is 14.8 Å². The van der Waals surface area contributed by atoms with Crippen LogP contribution in [-0.2, 0) is 14.4 Å². The van der Waals surface area contributed by atoms with E-state index in [1.54, 1.807) is 0 Å². The van der Waals surface area contributed by atoms with Crippen molar-refractivity contribution in [2.75, 3.05) is 25.1 Å². The standard InChI is InChI=1S/C21H21N3O5S/c25-18(10-24-19(26)13-3-1-2-4-14(13)20(24)27)23-21-22-15(11-30-21)12-5-6-16-17(9-12)29-8-7-28-16/h5-6,9,11,13-14H,1-4,7-8,10H2,(H,22,23,25)/t13-,14-/m0/s1. The highest BCUT2D eigenvalue weighted by Crippen LogP contribution is 2.38. The smallest absolute Gasteiger partial charge is 0.246 e. The molecule has 0 unspecified atom stereocenters. The maximum atomic E-state index is 12.5. The molecule has 1 aliphatic carbocycles. The summed E-state index contributed by atoms with van der Waals surface area (Å²) in [7, 11) is 0. The van der Waals surface area contributed by atoms with Crippen LogP contribution in [0.4, 0.5) is 5.13 Å². The van der Waals surface area contributed by atoms with Gasteiger partial charge in [-0.25, -0.2) is 4.98 Å². The van der Waals surface area contributed by atoms with Gasteiger partial charge in [0, 0.05) is 10.9 Å². The van der Waals surface area contributed by atoms with Crippen LogP contribution in [0.3, 0.4) is 0 Å². The van der Waals surface area contributed by atoms with Crippen LogP contribution in [0.5, 0.6) is 11.5 Å². The zero-order valence-electron chi connectivity index (χ0n) is 16.3. The lowest BCUT2D eigenvalue weighted by molar-refractivity contribution is -0.142. The number of aromatic nitrogens is 1. The van der Waals surface area contributed by atoms with Gasteiger partial charge in [0.05, 0.1) is 17.5 Å². The van der Waals surface area contributed by atoms with Gasteiger partial charge in [-0.1, -0.05) is 12.8 Å². The summed E-state index contributed by atoms with van der Waals surface area (Å²) in [5, 5.41) is 4.96. The summed E-state index contributed by atoms with van der Waals surface area (Å²) in [5.74, 6) is 0.0333. The van der Waals surface area contributed by atoms with E-state index in [0.717, 1.165) is 36.1 Å². The first kappa shape index (κ1) is 19.0. The number of fused-ring (bicyclic) bond motifs is 2. The number of nitrogens with one attached hydrogen (secondary N) is 1. The van der Waals surface area contributed by atoms with Gasteiger partial charge >= 0.3 is 0 Å². The van der Waals surface area contributed by atoms with E-state index >= 15 is 0 Å². The van der Waals surface area contributed by atoms with E-state index in [4.69, 9.17) is 9.47 Å². The minimum atomic E-state index is -0.418. The predicted octanol–water partition coefficient (Wildman–Crippen LogP) is 2.70. The number of carbonyl (C=O) groups is 3. The molecule has 0 spiro atoms. The van der Waals surface area contributed by atoms with Crippen molar-refractivity contribution in [3.8, 4) is 22.8 Å². The Morgan fingerprint density at radius 2 is 1.80 bits per heavy atom. The molecule has 0 bridgehead atoms. The first-order valence-corrected chi connectivity index (χ1v) is 11.0. The molecule has 3 heterocycles. The number of anilines is 1. The summed E-state index contributed by atoms with van der Waals surface area (Å²) in [6.07, 6.45) is 3.39. The summed E-state index contributed by atoms with van der Waals surface area (Å²) < 4.78 is 11.1. The summed E-state index contributed by atoms with van der Waals surface area (Å²) >= 11 is 1.29. The lowest BCUT2D eigenvalue weighted by atomic mass is 9.81. The van der Waals surface area contributed by atoms with Crippen LogP contribution in [0, 0.1) is 11.8 Å². The number of imide groups is 1. The van der Waals surface area contributed by atoms with Gasteiger partial charge in [0.1, 0.15) is 19.8 Å². The highest BCUT2D eigenvalue weighted by Gasteiger charge is 2.48. The second-order valence-corrected chi connectivity index (χ2v) is 8.56. The molecule has 2 aliphatic heterocycles. The van der Waals surface area contributed by atoms with Gasteiger partial charge in [-0.3, -0.25) is 19.3 Å². The van der Waals surface area contributed by atoms with E-state index < -0.39 is 5.91 Å². The van der Waals surface area contributed by atoms with Crippen LogP contribution in [0.15, 0.2) is 23.6 Å². The first-order valence-electron chi connectivity index (χ1n) is 10.1. The van der Waals surface area contributed by atoms with E-state index in [2.05, 4.69) is 10.3 Å². The van der Waals surface area contributed by atoms with Gasteiger partial charge < -0.3 is 14.8 Å². The Morgan fingerprint density at radius 3 is 2.53 bits per heavy atom. The Bertz CT molecular complexity index is 996. The fourth-order valence-electron chi connectivity index (χ4n) is 4.36. The van der Waals surface area contributed by atoms with Crippen molar-refractivity contribution in [1.29, 1.82) is 0 Å². The summed E-state index contributed by atoms with van der Waals surface area (Å²) in [5.41, 5.74) is 1.55. The SMILES string of the molecule is O=C(CN1C(=O)[C@H]2CCCC[C@@H]2C1=O)Nc1nc(-c2ccc3c(c2)OCCO3)cs1. The van der Waals surface area contributed by atoms with Gasteiger partial charge in [-0.2, -0.15) is 0 Å². The third-order valence-electron chi connectivity index (χ3n) is 5.82. The maximum Gasteiger partial charge on any atom is 0.246 e. The number of benzene rings is 1. The fraction of sp³-hybridized carbons (Fsp3) is 0.429. The molecular weight excluding hydrogens is 406 g/mol. The number of nitrogens with zero attached hydrogens (tertiary/aromatic N) is 2. The molecule has 2 aromatic rings. The van der Waals surface area contributed by atoms with E-state index in [-0.39, 0.29) is 30.2 Å². The van der Waals surface area contributed by atoms with Gasteiger partial charge in [-0.15, -0.1) is 11.3 Å². The second-order valence-electron chi connectivity index (χ2n) is 7.70. The molecule has 30 heavy (non-hydrogen) atoms. The quantitative estimate of drug-likeness (QED) is 0.754. The average molecular weight is 427 g/mol. The third kappa shape index (κ3) is 3.43. The van der Waals surface area contributed by atoms with E-state index in [0.29, 0.717) is 35.5 Å². The highest BCUT2D eigenvalue weighted by atomic mass is 32.1. The molecular formula is C21H21N3O5S. The van der Waals surface area contributed by atoms with Crippen LogP contribution in [0.2, 0.25) is 0 Å². The molecule has 156 valence electrons. The zero-order valence-corrected chi connectivity index (χ0v) is 17.1. The van der Waals surface area contributed by atoms with Crippen LogP contribution in [0.1, 0.15) is 25.7 Å². The molecule has 1 N–H and O–H groups in total. The van der Waals surface area contributed by atoms with Crippen molar-refractivity contribution in [1.82, 2.24) is 9.88 Å². The van der Waals surface area contributed by atoms with Crippen LogP contribution >= 0.6 is 11.3 Å². The van der Waals surface area contributed by atoms with Crippen molar-refractivity contribution in [3.63, 3.8) is 0 Å². The van der Waals surface area contributed by atoms with Crippen molar-refractivity contribution >= 4 is 34.2 Å². The van der Waals surface area contributed by atoms with Crippen LogP contribution in [-0.4, -0.2) is 47.4 Å². The minimum absolute atomic E-state index is 0.212. The van der Waals surface area contributed by atoms with Crippen molar-refractivity contribution < 1.29 is 23.9 Å². The average Bonchev–Trinajstić information content (AvgIpc) is 3.32. The molecule has 9 heteroatoms. The largest absolute Gasteiger partial charge is 0.486 e. The number of rotatable bonds is 4. The number of hydrogen-bond donors (Lipinski definition) is 1. The highest BCUT2D eigenvalue weighted by molar-refractivity contribution is 7.14. The molecule has 1 saturated carbocycles. The maximum absolute atomic E-state index is 12.5. The normalized spacial score (nSPS) is 22.7. The van der Waals surface area contributed by atoms with Gasteiger partial charge in [0.15, 0.2) is 16.6 Å². The molecule has 8 nitrogen and oxygen atoms in total. The molecule has 3 amide bonds. The summed E-state index contributed by atoms with van der Waals surface area (Å²) in [4.78, 5) is 43.1. The minimum Gasteiger partial charge on any atom is -0.486 e. The Kier molecular flexibility index (Phi) is 4.90. The number of amides is 3. The van der Waals surface area contributed by atoms with Crippen molar-refractivity contribution in [2.45, 2.75) is 25.7 Å². The number of thiazole rings is 1.